The van der Waals surface area contributed by atoms with E-state index in [-0.39, 0.29) is 11.7 Å². The summed E-state index contributed by atoms with van der Waals surface area (Å²) >= 11 is 1.38. The van der Waals surface area contributed by atoms with E-state index in [2.05, 4.69) is 26.7 Å². The van der Waals surface area contributed by atoms with Crippen molar-refractivity contribution in [3.05, 3.63) is 67.3 Å². The second-order valence-corrected chi connectivity index (χ2v) is 8.02. The molecule has 0 unspecified atom stereocenters. The Morgan fingerprint density at radius 1 is 1.06 bits per heavy atom. The first kappa shape index (κ1) is 21.0. The highest BCUT2D eigenvalue weighted by atomic mass is 32.2. The van der Waals surface area contributed by atoms with E-state index in [4.69, 9.17) is 0 Å². The van der Waals surface area contributed by atoms with E-state index in [1.807, 2.05) is 21.6 Å². The molecule has 0 atom stereocenters. The number of nitrogens with zero attached hydrogens (tertiary/aromatic N) is 6. The van der Waals surface area contributed by atoms with E-state index >= 15 is 0 Å². The smallest absolute Gasteiger partial charge is 0.233 e. The lowest BCUT2D eigenvalue weighted by Crippen LogP contribution is -2.49. The quantitative estimate of drug-likeness (QED) is 0.417. The van der Waals surface area contributed by atoms with Gasteiger partial charge in [-0.1, -0.05) is 17.8 Å². The summed E-state index contributed by atoms with van der Waals surface area (Å²) in [5.74, 6) is 0.848. The molecule has 0 spiro atoms. The zero-order valence-corrected chi connectivity index (χ0v) is 17.8. The molecule has 1 aliphatic rings. The molecular formula is C22H23FN6OS. The number of piperazine rings is 1. The molecule has 31 heavy (non-hydrogen) atoms. The minimum Gasteiger partial charge on any atom is -0.368 e. The molecule has 7 nitrogen and oxygen atoms in total. The van der Waals surface area contributed by atoms with Gasteiger partial charge in [-0.3, -0.25) is 14.3 Å². The molecule has 1 fully saturated rings. The SMILES string of the molecule is C=CCn1c(SCC(=O)N2CCN(c3ccc(F)cc3)CC2)nnc1-c1ccncc1. The fraction of sp³-hybridized carbons (Fsp3) is 0.273. The molecule has 1 amide bonds. The molecule has 160 valence electrons. The van der Waals surface area contributed by atoms with Crippen LogP contribution in [0.4, 0.5) is 10.1 Å². The monoisotopic (exact) mass is 438 g/mol. The first-order chi connectivity index (χ1) is 15.2. The van der Waals surface area contributed by atoms with Gasteiger partial charge in [0.25, 0.3) is 0 Å². The van der Waals surface area contributed by atoms with Crippen molar-refractivity contribution in [2.75, 3.05) is 36.8 Å². The number of rotatable bonds is 7. The highest BCUT2D eigenvalue weighted by Crippen LogP contribution is 2.24. The second-order valence-electron chi connectivity index (χ2n) is 7.07. The molecule has 9 heteroatoms. The van der Waals surface area contributed by atoms with E-state index < -0.39 is 0 Å². The Morgan fingerprint density at radius 2 is 1.77 bits per heavy atom. The van der Waals surface area contributed by atoms with Gasteiger partial charge < -0.3 is 9.80 Å². The van der Waals surface area contributed by atoms with Gasteiger partial charge in [0.1, 0.15) is 5.82 Å². The van der Waals surface area contributed by atoms with Crippen LogP contribution in [0.1, 0.15) is 0 Å². The lowest BCUT2D eigenvalue weighted by Gasteiger charge is -2.36. The molecule has 3 aromatic rings. The highest BCUT2D eigenvalue weighted by molar-refractivity contribution is 7.99. The third-order valence-electron chi connectivity index (χ3n) is 5.12. The van der Waals surface area contributed by atoms with Gasteiger partial charge in [-0.25, -0.2) is 4.39 Å². The van der Waals surface area contributed by atoms with Crippen LogP contribution in [-0.2, 0) is 11.3 Å². The van der Waals surface area contributed by atoms with Gasteiger partial charge in [0.15, 0.2) is 11.0 Å². The number of carbonyl (C=O) groups is 1. The maximum absolute atomic E-state index is 13.1. The van der Waals surface area contributed by atoms with Crippen LogP contribution in [-0.4, -0.2) is 62.5 Å². The number of halogens is 1. The highest BCUT2D eigenvalue weighted by Gasteiger charge is 2.22. The van der Waals surface area contributed by atoms with Crippen molar-refractivity contribution in [2.24, 2.45) is 0 Å². The number of anilines is 1. The number of hydrogen-bond acceptors (Lipinski definition) is 6. The number of aromatic nitrogens is 4. The molecule has 2 aromatic heterocycles. The van der Waals surface area contributed by atoms with Crippen LogP contribution in [0.15, 0.2) is 66.6 Å². The van der Waals surface area contributed by atoms with Crippen LogP contribution in [0, 0.1) is 5.82 Å². The van der Waals surface area contributed by atoms with E-state index in [1.165, 1.54) is 23.9 Å². The summed E-state index contributed by atoms with van der Waals surface area (Å²) in [4.78, 5) is 20.8. The molecule has 4 rings (SSSR count). The Balaban J connectivity index is 1.35. The normalized spacial score (nSPS) is 14.0. The zero-order chi connectivity index (χ0) is 21.6. The first-order valence-electron chi connectivity index (χ1n) is 10.0. The molecule has 3 heterocycles. The number of amides is 1. The molecule has 1 aliphatic heterocycles. The van der Waals surface area contributed by atoms with Gasteiger partial charge in [-0.05, 0) is 36.4 Å². The van der Waals surface area contributed by atoms with Crippen LogP contribution in [0.25, 0.3) is 11.4 Å². The Hall–Kier alpha value is -3.20. The maximum Gasteiger partial charge on any atom is 0.233 e. The van der Waals surface area contributed by atoms with Crippen molar-refractivity contribution in [1.29, 1.82) is 0 Å². The topological polar surface area (TPSA) is 67.2 Å². The molecule has 0 saturated carbocycles. The summed E-state index contributed by atoms with van der Waals surface area (Å²) in [6.45, 7) is 7.09. The van der Waals surface area contributed by atoms with Gasteiger partial charge in [-0.2, -0.15) is 0 Å². The Bertz CT molecular complexity index is 1030. The number of benzene rings is 1. The van der Waals surface area contributed by atoms with E-state index in [9.17, 15) is 9.18 Å². The van der Waals surface area contributed by atoms with Crippen molar-refractivity contribution in [1.82, 2.24) is 24.6 Å². The average molecular weight is 439 g/mol. The van der Waals surface area contributed by atoms with Crippen molar-refractivity contribution in [2.45, 2.75) is 11.7 Å². The first-order valence-corrected chi connectivity index (χ1v) is 11.0. The Kier molecular flexibility index (Phi) is 6.61. The van der Waals surface area contributed by atoms with Crippen LogP contribution in [0.3, 0.4) is 0 Å². The fourth-order valence-electron chi connectivity index (χ4n) is 3.49. The summed E-state index contributed by atoms with van der Waals surface area (Å²) in [5.41, 5.74) is 1.89. The largest absolute Gasteiger partial charge is 0.368 e. The molecule has 1 aromatic carbocycles. The van der Waals surface area contributed by atoms with Crippen molar-refractivity contribution >= 4 is 23.4 Å². The van der Waals surface area contributed by atoms with Gasteiger partial charge in [0, 0.05) is 56.4 Å². The lowest BCUT2D eigenvalue weighted by molar-refractivity contribution is -0.128. The van der Waals surface area contributed by atoms with E-state index in [0.717, 1.165) is 30.2 Å². The third-order valence-corrected chi connectivity index (χ3v) is 6.07. The predicted octanol–water partition coefficient (Wildman–Crippen LogP) is 3.11. The average Bonchev–Trinajstić information content (AvgIpc) is 3.21. The van der Waals surface area contributed by atoms with Crippen LogP contribution in [0.5, 0.6) is 0 Å². The van der Waals surface area contributed by atoms with Gasteiger partial charge in [0.05, 0.1) is 5.75 Å². The van der Waals surface area contributed by atoms with Crippen LogP contribution >= 0.6 is 11.8 Å². The van der Waals surface area contributed by atoms with Crippen molar-refractivity contribution < 1.29 is 9.18 Å². The number of allylic oxidation sites excluding steroid dienone is 1. The minimum absolute atomic E-state index is 0.0716. The van der Waals surface area contributed by atoms with Crippen molar-refractivity contribution in [3.63, 3.8) is 0 Å². The third kappa shape index (κ3) is 4.93. The van der Waals surface area contributed by atoms with E-state index in [0.29, 0.717) is 30.5 Å². The number of thioether (sulfide) groups is 1. The van der Waals surface area contributed by atoms with Crippen LogP contribution < -0.4 is 4.90 Å². The van der Waals surface area contributed by atoms with Crippen molar-refractivity contribution in [3.8, 4) is 11.4 Å². The molecule has 0 bridgehead atoms. The molecular weight excluding hydrogens is 415 g/mol. The zero-order valence-electron chi connectivity index (χ0n) is 17.0. The van der Waals surface area contributed by atoms with Crippen LogP contribution in [0.2, 0.25) is 0 Å². The number of pyridine rings is 1. The number of carbonyl (C=O) groups excluding carboxylic acids is 1. The molecule has 1 saturated heterocycles. The predicted molar refractivity (Wildman–Crippen MR) is 119 cm³/mol. The maximum atomic E-state index is 13.1. The molecule has 0 aliphatic carbocycles. The lowest BCUT2D eigenvalue weighted by atomic mass is 10.2. The van der Waals surface area contributed by atoms with Gasteiger partial charge in [-0.15, -0.1) is 16.8 Å². The summed E-state index contributed by atoms with van der Waals surface area (Å²) in [6, 6.07) is 10.2. The summed E-state index contributed by atoms with van der Waals surface area (Å²) in [5, 5.41) is 9.27. The van der Waals surface area contributed by atoms with E-state index in [1.54, 1.807) is 30.6 Å². The summed E-state index contributed by atoms with van der Waals surface area (Å²) in [7, 11) is 0. The standard InChI is InChI=1S/C22H23FN6OS/c1-2-11-29-21(17-7-9-24-10-8-17)25-26-22(29)31-16-20(30)28-14-12-27(13-15-28)19-5-3-18(23)4-6-19/h2-10H,1,11-16H2. The van der Waals surface area contributed by atoms with Gasteiger partial charge in [0.2, 0.25) is 5.91 Å². The molecule has 0 N–H and O–H groups in total. The molecule has 0 radical (unpaired) electrons. The second kappa shape index (κ2) is 9.74. The minimum atomic E-state index is -0.244. The summed E-state index contributed by atoms with van der Waals surface area (Å²) < 4.78 is 15.1. The fourth-order valence-corrected chi connectivity index (χ4v) is 4.34. The number of hydrogen-bond donors (Lipinski definition) is 0. The Morgan fingerprint density at radius 3 is 2.45 bits per heavy atom. The van der Waals surface area contributed by atoms with Gasteiger partial charge >= 0.3 is 0 Å². The Labute approximate surface area is 184 Å². The summed E-state index contributed by atoms with van der Waals surface area (Å²) in [6.07, 6.45) is 5.21.